The first-order valence-electron chi connectivity index (χ1n) is 5.93. The number of hydrogen-bond donors (Lipinski definition) is 0. The van der Waals surface area contributed by atoms with Gasteiger partial charge in [-0.3, -0.25) is 0 Å². The lowest BCUT2D eigenvalue weighted by atomic mass is 10.3. The van der Waals surface area contributed by atoms with Gasteiger partial charge in [0.2, 0.25) is 5.65 Å². The van der Waals surface area contributed by atoms with Crippen LogP contribution in [0.1, 0.15) is 0 Å². The molecule has 0 radical (unpaired) electrons. The van der Waals surface area contributed by atoms with Gasteiger partial charge in [-0.05, 0) is 24.3 Å². The van der Waals surface area contributed by atoms with Crippen molar-refractivity contribution in [2.45, 2.75) is 6.54 Å². The summed E-state index contributed by atoms with van der Waals surface area (Å²) in [4.78, 5) is 16.0. The summed E-state index contributed by atoms with van der Waals surface area (Å²) >= 11 is 5.81. The van der Waals surface area contributed by atoms with Gasteiger partial charge in [0.05, 0.1) is 6.07 Å². The SMILES string of the molecule is N#CCn1nc2c(Oc3ccc(Cl)cc3)nccn2c1=O. The predicted octanol–water partition coefficient (Wildman–Crippen LogP) is 1.86. The zero-order valence-electron chi connectivity index (χ0n) is 10.6. The molecule has 0 aliphatic rings. The van der Waals surface area contributed by atoms with E-state index in [0.29, 0.717) is 10.8 Å². The van der Waals surface area contributed by atoms with Crippen LogP contribution in [0.4, 0.5) is 0 Å². The summed E-state index contributed by atoms with van der Waals surface area (Å²) < 4.78 is 7.93. The van der Waals surface area contributed by atoms with Crippen LogP contribution in [0.5, 0.6) is 11.6 Å². The largest absolute Gasteiger partial charge is 0.436 e. The van der Waals surface area contributed by atoms with Crippen molar-refractivity contribution in [2.24, 2.45) is 0 Å². The second kappa shape index (κ2) is 5.26. The number of benzene rings is 1. The summed E-state index contributed by atoms with van der Waals surface area (Å²) in [7, 11) is 0. The fourth-order valence-corrected chi connectivity index (χ4v) is 1.91. The highest BCUT2D eigenvalue weighted by Crippen LogP contribution is 2.23. The van der Waals surface area contributed by atoms with Crippen molar-refractivity contribution in [1.82, 2.24) is 19.2 Å². The molecular weight excluding hydrogens is 294 g/mol. The highest BCUT2D eigenvalue weighted by molar-refractivity contribution is 6.30. The maximum atomic E-state index is 12.0. The second-order valence-corrected chi connectivity index (χ2v) is 4.52. The van der Waals surface area contributed by atoms with E-state index in [0.717, 1.165) is 4.68 Å². The van der Waals surface area contributed by atoms with Crippen LogP contribution >= 0.6 is 11.6 Å². The van der Waals surface area contributed by atoms with Gasteiger partial charge in [-0.25, -0.2) is 14.2 Å². The Balaban J connectivity index is 2.07. The molecule has 0 saturated carbocycles. The number of rotatable bonds is 3. The molecule has 0 fully saturated rings. The van der Waals surface area contributed by atoms with E-state index in [1.165, 1.54) is 16.8 Å². The summed E-state index contributed by atoms with van der Waals surface area (Å²) in [5.74, 6) is 0.691. The Morgan fingerprint density at radius 2 is 2.10 bits per heavy atom. The van der Waals surface area contributed by atoms with E-state index in [9.17, 15) is 4.79 Å². The van der Waals surface area contributed by atoms with E-state index >= 15 is 0 Å². The third-order valence-electron chi connectivity index (χ3n) is 2.72. The van der Waals surface area contributed by atoms with Crippen molar-refractivity contribution < 1.29 is 4.74 Å². The van der Waals surface area contributed by atoms with E-state index < -0.39 is 5.69 Å². The minimum Gasteiger partial charge on any atom is -0.436 e. The van der Waals surface area contributed by atoms with Gasteiger partial charge >= 0.3 is 5.69 Å². The molecule has 0 atom stereocenters. The molecule has 0 aliphatic heterocycles. The minimum atomic E-state index is -0.421. The van der Waals surface area contributed by atoms with E-state index in [4.69, 9.17) is 21.6 Å². The first-order chi connectivity index (χ1) is 10.2. The highest BCUT2D eigenvalue weighted by Gasteiger charge is 2.13. The zero-order valence-corrected chi connectivity index (χ0v) is 11.4. The van der Waals surface area contributed by atoms with Gasteiger partial charge in [-0.2, -0.15) is 9.94 Å². The van der Waals surface area contributed by atoms with Gasteiger partial charge in [-0.1, -0.05) is 11.6 Å². The molecule has 0 amide bonds. The van der Waals surface area contributed by atoms with Crippen LogP contribution in [0, 0.1) is 11.3 Å². The molecule has 1 aromatic carbocycles. The fourth-order valence-electron chi connectivity index (χ4n) is 1.78. The second-order valence-electron chi connectivity index (χ2n) is 4.08. The van der Waals surface area contributed by atoms with Crippen molar-refractivity contribution in [1.29, 1.82) is 5.26 Å². The van der Waals surface area contributed by atoms with Crippen molar-refractivity contribution in [3.8, 4) is 17.7 Å². The first kappa shape index (κ1) is 13.1. The molecule has 21 heavy (non-hydrogen) atoms. The summed E-state index contributed by atoms with van der Waals surface area (Å²) in [6, 6.07) is 8.59. The van der Waals surface area contributed by atoms with Gasteiger partial charge in [-0.15, -0.1) is 5.10 Å². The minimum absolute atomic E-state index is 0.138. The summed E-state index contributed by atoms with van der Waals surface area (Å²) in [6.07, 6.45) is 2.89. The van der Waals surface area contributed by atoms with Crippen LogP contribution in [-0.4, -0.2) is 19.2 Å². The highest BCUT2D eigenvalue weighted by atomic mass is 35.5. The van der Waals surface area contributed by atoms with Crippen LogP contribution in [0.25, 0.3) is 5.65 Å². The van der Waals surface area contributed by atoms with Crippen molar-refractivity contribution in [3.05, 3.63) is 52.2 Å². The number of ether oxygens (including phenoxy) is 1. The molecule has 2 aromatic heterocycles. The van der Waals surface area contributed by atoms with Crippen LogP contribution in [-0.2, 0) is 6.54 Å². The van der Waals surface area contributed by atoms with Crippen molar-refractivity contribution >= 4 is 17.2 Å². The lowest BCUT2D eigenvalue weighted by Crippen LogP contribution is -2.20. The van der Waals surface area contributed by atoms with Gasteiger partial charge in [0.25, 0.3) is 5.88 Å². The Kier molecular flexibility index (Phi) is 3.30. The molecule has 0 spiro atoms. The Labute approximate surface area is 123 Å². The number of nitrogens with zero attached hydrogens (tertiary/aromatic N) is 5. The monoisotopic (exact) mass is 301 g/mol. The fraction of sp³-hybridized carbons (Fsp3) is 0.0769. The third-order valence-corrected chi connectivity index (χ3v) is 2.97. The van der Waals surface area contributed by atoms with Crippen LogP contribution < -0.4 is 10.4 Å². The molecule has 3 aromatic rings. The molecule has 0 N–H and O–H groups in total. The molecule has 0 saturated heterocycles. The molecular formula is C13H8ClN5O2. The van der Waals surface area contributed by atoms with Gasteiger partial charge in [0.15, 0.2) is 0 Å². The van der Waals surface area contributed by atoms with Gasteiger partial charge in [0, 0.05) is 17.4 Å². The molecule has 8 heteroatoms. The van der Waals surface area contributed by atoms with E-state index in [1.807, 2.05) is 6.07 Å². The maximum Gasteiger partial charge on any atom is 0.351 e. The van der Waals surface area contributed by atoms with Crippen LogP contribution in [0.2, 0.25) is 5.02 Å². The smallest absolute Gasteiger partial charge is 0.351 e. The number of fused-ring (bicyclic) bond motifs is 1. The number of hydrogen-bond acceptors (Lipinski definition) is 5. The summed E-state index contributed by atoms with van der Waals surface area (Å²) in [5, 5.41) is 13.3. The lowest BCUT2D eigenvalue weighted by Gasteiger charge is -2.04. The van der Waals surface area contributed by atoms with Gasteiger partial charge in [0.1, 0.15) is 12.3 Å². The number of halogens is 1. The molecule has 0 aliphatic carbocycles. The molecule has 104 valence electrons. The van der Waals surface area contributed by atoms with Crippen molar-refractivity contribution in [3.63, 3.8) is 0 Å². The maximum absolute atomic E-state index is 12.0. The van der Waals surface area contributed by atoms with Crippen molar-refractivity contribution in [2.75, 3.05) is 0 Å². The number of nitriles is 1. The van der Waals surface area contributed by atoms with Gasteiger partial charge < -0.3 is 4.74 Å². The van der Waals surface area contributed by atoms with E-state index in [2.05, 4.69) is 10.1 Å². The predicted molar refractivity (Wildman–Crippen MR) is 74.4 cm³/mol. The summed E-state index contributed by atoms with van der Waals surface area (Å²) in [5.41, 5.74) is -0.178. The molecule has 3 rings (SSSR count). The zero-order chi connectivity index (χ0) is 14.8. The average Bonchev–Trinajstić information content (AvgIpc) is 2.80. The molecule has 7 nitrogen and oxygen atoms in total. The molecule has 2 heterocycles. The van der Waals surface area contributed by atoms with Crippen LogP contribution in [0.15, 0.2) is 41.5 Å². The number of aromatic nitrogens is 4. The van der Waals surface area contributed by atoms with E-state index in [1.54, 1.807) is 24.3 Å². The third kappa shape index (κ3) is 2.44. The molecule has 0 bridgehead atoms. The Morgan fingerprint density at radius 3 is 2.81 bits per heavy atom. The first-order valence-corrected chi connectivity index (χ1v) is 6.31. The quantitative estimate of drug-likeness (QED) is 0.737. The lowest BCUT2D eigenvalue weighted by molar-refractivity contribution is 0.464. The molecule has 0 unspecified atom stereocenters. The standard InChI is InChI=1S/C13H8ClN5O2/c14-9-1-3-10(4-2-9)21-12-11-17-19(7-5-15)13(20)18(11)8-6-16-12/h1-4,6,8H,7H2. The normalized spacial score (nSPS) is 10.5. The Morgan fingerprint density at radius 1 is 1.33 bits per heavy atom. The van der Waals surface area contributed by atoms with Crippen LogP contribution in [0.3, 0.4) is 0 Å². The van der Waals surface area contributed by atoms with E-state index in [-0.39, 0.29) is 18.1 Å². The average molecular weight is 302 g/mol. The Hall–Kier alpha value is -2.85. The summed E-state index contributed by atoms with van der Waals surface area (Å²) in [6.45, 7) is -0.138. The Bertz CT molecular complexity index is 892. The topological polar surface area (TPSA) is 85.2 Å².